The summed E-state index contributed by atoms with van der Waals surface area (Å²) in [5.41, 5.74) is 0.0552. The first-order chi connectivity index (χ1) is 9.74. The van der Waals surface area contributed by atoms with Crippen molar-refractivity contribution < 1.29 is 4.79 Å². The average Bonchev–Trinajstić information content (AvgIpc) is 3.15. The largest absolute Gasteiger partial charge is 0.298 e. The first-order valence-electron chi connectivity index (χ1n) is 8.23. The summed E-state index contributed by atoms with van der Waals surface area (Å²) in [5.74, 6) is 3.96. The number of Topliss-reactive ketones (excluding diaryl/α,β-unsaturated/α-hetero) is 1. The topological polar surface area (TPSA) is 17.1 Å². The molecule has 0 bridgehead atoms. The summed E-state index contributed by atoms with van der Waals surface area (Å²) in [5, 5.41) is 0. The summed E-state index contributed by atoms with van der Waals surface area (Å²) >= 11 is 0. The van der Waals surface area contributed by atoms with Crippen molar-refractivity contribution in [2.24, 2.45) is 40.4 Å². The molecule has 0 radical (unpaired) electrons. The molecular formula is C19H22O. The van der Waals surface area contributed by atoms with Crippen LogP contribution in [-0.4, -0.2) is 5.78 Å². The quantitative estimate of drug-likeness (QED) is 0.657. The summed E-state index contributed by atoms with van der Waals surface area (Å²) < 4.78 is 0. The molecule has 104 valence electrons. The molecular weight excluding hydrogens is 244 g/mol. The molecule has 20 heavy (non-hydrogen) atoms. The van der Waals surface area contributed by atoms with Crippen LogP contribution in [0.5, 0.6) is 0 Å². The number of carbonyl (C=O) groups is 1. The van der Waals surface area contributed by atoms with Crippen molar-refractivity contribution in [1.82, 2.24) is 0 Å². The van der Waals surface area contributed by atoms with Gasteiger partial charge >= 0.3 is 0 Å². The van der Waals surface area contributed by atoms with Gasteiger partial charge in [0.1, 0.15) is 5.78 Å². The van der Waals surface area contributed by atoms with Gasteiger partial charge in [-0.3, -0.25) is 4.79 Å². The van der Waals surface area contributed by atoms with Gasteiger partial charge in [0.15, 0.2) is 0 Å². The highest BCUT2D eigenvalue weighted by atomic mass is 16.1. The van der Waals surface area contributed by atoms with Gasteiger partial charge in [-0.05, 0) is 61.7 Å². The molecule has 0 amide bonds. The minimum Gasteiger partial charge on any atom is -0.298 e. The maximum absolute atomic E-state index is 13.2. The van der Waals surface area contributed by atoms with Crippen molar-refractivity contribution in [1.29, 1.82) is 0 Å². The smallest absolute Gasteiger partial charge is 0.147 e. The molecule has 5 aliphatic carbocycles. The van der Waals surface area contributed by atoms with E-state index in [1.54, 1.807) is 0 Å². The molecule has 1 heteroatoms. The fourth-order valence-corrected chi connectivity index (χ4v) is 7.01. The van der Waals surface area contributed by atoms with E-state index in [-0.39, 0.29) is 10.8 Å². The Bertz CT molecular complexity index is 560. The summed E-state index contributed by atoms with van der Waals surface area (Å²) in [4.78, 5) is 13.2. The Labute approximate surface area is 120 Å². The van der Waals surface area contributed by atoms with Gasteiger partial charge in [-0.1, -0.05) is 30.4 Å². The van der Waals surface area contributed by atoms with E-state index in [0.29, 0.717) is 29.5 Å². The molecule has 6 atom stereocenters. The lowest BCUT2D eigenvalue weighted by molar-refractivity contribution is -0.177. The lowest BCUT2D eigenvalue weighted by Gasteiger charge is -2.60. The molecule has 3 saturated carbocycles. The van der Waals surface area contributed by atoms with E-state index in [2.05, 4.69) is 37.0 Å². The Balaban J connectivity index is 1.63. The second-order valence-electron chi connectivity index (χ2n) is 7.81. The highest BCUT2D eigenvalue weighted by Crippen LogP contribution is 2.78. The Morgan fingerprint density at radius 3 is 2.70 bits per heavy atom. The van der Waals surface area contributed by atoms with Crippen molar-refractivity contribution >= 4 is 5.78 Å². The van der Waals surface area contributed by atoms with Crippen LogP contribution in [0.1, 0.15) is 32.1 Å². The molecule has 2 spiro atoms. The lowest BCUT2D eigenvalue weighted by atomic mass is 9.40. The molecule has 0 heterocycles. The molecule has 0 N–H and O–H groups in total. The van der Waals surface area contributed by atoms with E-state index >= 15 is 0 Å². The van der Waals surface area contributed by atoms with Crippen LogP contribution in [0.4, 0.5) is 0 Å². The second kappa shape index (κ2) is 3.37. The normalized spacial score (nSPS) is 53.0. The molecule has 0 unspecified atom stereocenters. The summed E-state index contributed by atoms with van der Waals surface area (Å²) in [6.07, 6.45) is 17.0. The van der Waals surface area contributed by atoms with Crippen LogP contribution < -0.4 is 0 Å². The molecule has 1 nitrogen and oxygen atoms in total. The molecule has 0 aromatic heterocycles. The Morgan fingerprint density at radius 2 is 1.95 bits per heavy atom. The van der Waals surface area contributed by atoms with Gasteiger partial charge in [0.05, 0.1) is 0 Å². The minimum atomic E-state index is 0.0196. The van der Waals surface area contributed by atoms with E-state index in [1.807, 2.05) is 0 Å². The number of rotatable bonds is 1. The molecule has 0 aliphatic heterocycles. The van der Waals surface area contributed by atoms with Crippen molar-refractivity contribution in [2.45, 2.75) is 32.1 Å². The number of hydrogen-bond donors (Lipinski definition) is 0. The lowest BCUT2D eigenvalue weighted by Crippen LogP contribution is -2.65. The van der Waals surface area contributed by atoms with E-state index in [1.165, 1.54) is 12.8 Å². The number of allylic oxidation sites excluding steroid dienone is 5. The van der Waals surface area contributed by atoms with Crippen molar-refractivity contribution in [2.75, 3.05) is 0 Å². The summed E-state index contributed by atoms with van der Waals surface area (Å²) in [6.45, 7) is 4.07. The van der Waals surface area contributed by atoms with E-state index in [4.69, 9.17) is 0 Å². The Hall–Kier alpha value is -1.11. The fourth-order valence-electron chi connectivity index (χ4n) is 7.01. The van der Waals surface area contributed by atoms with Crippen molar-refractivity contribution in [3.8, 4) is 0 Å². The predicted molar refractivity (Wildman–Crippen MR) is 78.9 cm³/mol. The number of ketones is 1. The van der Waals surface area contributed by atoms with Crippen LogP contribution >= 0.6 is 0 Å². The monoisotopic (exact) mass is 266 g/mol. The Morgan fingerprint density at radius 1 is 1.15 bits per heavy atom. The zero-order valence-electron chi connectivity index (χ0n) is 11.9. The van der Waals surface area contributed by atoms with Gasteiger partial charge in [0, 0.05) is 10.8 Å². The third kappa shape index (κ3) is 0.953. The molecule has 3 fully saturated rings. The predicted octanol–water partition coefficient (Wildman–Crippen LogP) is 3.93. The maximum atomic E-state index is 13.2. The zero-order valence-corrected chi connectivity index (χ0v) is 11.9. The van der Waals surface area contributed by atoms with Gasteiger partial charge in [-0.15, -0.1) is 6.58 Å². The van der Waals surface area contributed by atoms with E-state index in [9.17, 15) is 4.79 Å². The Kier molecular flexibility index (Phi) is 1.95. The molecule has 0 aromatic carbocycles. The van der Waals surface area contributed by atoms with Gasteiger partial charge in [0.2, 0.25) is 0 Å². The van der Waals surface area contributed by atoms with Crippen LogP contribution in [-0.2, 0) is 4.79 Å². The van der Waals surface area contributed by atoms with Gasteiger partial charge < -0.3 is 0 Å². The number of hydrogen-bond acceptors (Lipinski definition) is 1. The third-order valence-electron chi connectivity index (χ3n) is 7.56. The molecule has 0 aromatic rings. The third-order valence-corrected chi connectivity index (χ3v) is 7.56. The van der Waals surface area contributed by atoms with Crippen LogP contribution in [0.3, 0.4) is 0 Å². The van der Waals surface area contributed by atoms with Crippen LogP contribution in [0.2, 0.25) is 0 Å². The standard InChI is InChI=1S/C19H22O/c1-2-12-10-13-6-5-9-19-15(11-14(12)16(13)19)18(17(19)20)7-3-4-8-18/h2-6,12-16H,1,7-11H2/t12-,13+,14-,15-,16+,19+/m1/s1. The second-order valence-corrected chi connectivity index (χ2v) is 7.81. The van der Waals surface area contributed by atoms with Crippen molar-refractivity contribution in [3.05, 3.63) is 37.0 Å². The highest BCUT2D eigenvalue weighted by molar-refractivity contribution is 5.99. The molecule has 5 rings (SSSR count). The minimum absolute atomic E-state index is 0.0196. The highest BCUT2D eigenvalue weighted by Gasteiger charge is 2.78. The number of carbonyl (C=O) groups excluding carboxylic acids is 1. The molecule has 5 aliphatic rings. The first-order valence-corrected chi connectivity index (χ1v) is 8.23. The van der Waals surface area contributed by atoms with E-state index in [0.717, 1.165) is 25.2 Å². The first kappa shape index (κ1) is 11.5. The average molecular weight is 266 g/mol. The SMILES string of the molecule is C=C[C@@H]1C[C@@H]2C=CC[C@]34C(=O)C5(CC=CC5)[C@H]3C[C@H]1[C@H]24. The van der Waals surface area contributed by atoms with Crippen molar-refractivity contribution in [3.63, 3.8) is 0 Å². The maximum Gasteiger partial charge on any atom is 0.147 e. The van der Waals surface area contributed by atoms with Gasteiger partial charge in [0.25, 0.3) is 0 Å². The van der Waals surface area contributed by atoms with Crippen LogP contribution in [0.15, 0.2) is 37.0 Å². The summed E-state index contributed by atoms with van der Waals surface area (Å²) in [6, 6.07) is 0. The number of fused-ring (bicyclic) bond motifs is 1. The fraction of sp³-hybridized carbons (Fsp3) is 0.632. The van der Waals surface area contributed by atoms with Crippen LogP contribution in [0, 0.1) is 40.4 Å². The summed E-state index contributed by atoms with van der Waals surface area (Å²) in [7, 11) is 0. The van der Waals surface area contributed by atoms with E-state index < -0.39 is 0 Å². The zero-order chi connectivity index (χ0) is 13.5. The van der Waals surface area contributed by atoms with Gasteiger partial charge in [-0.2, -0.15) is 0 Å². The van der Waals surface area contributed by atoms with Crippen LogP contribution in [0.25, 0.3) is 0 Å². The molecule has 0 saturated heterocycles. The van der Waals surface area contributed by atoms with Gasteiger partial charge in [-0.25, -0.2) is 0 Å².